The van der Waals surface area contributed by atoms with Crippen LogP contribution in [0.3, 0.4) is 0 Å². The van der Waals surface area contributed by atoms with E-state index in [2.05, 4.69) is 4.99 Å². The maximum atomic E-state index is 12.5. The van der Waals surface area contributed by atoms with E-state index >= 15 is 0 Å². The largest absolute Gasteiger partial charge is 0.468 e. The summed E-state index contributed by atoms with van der Waals surface area (Å²) in [7, 11) is 1.30. The summed E-state index contributed by atoms with van der Waals surface area (Å²) in [4.78, 5) is 41.0. The number of fused-ring (bicyclic) bond motifs is 1. The van der Waals surface area contributed by atoms with Gasteiger partial charge in [0.2, 0.25) is 5.91 Å². The zero-order valence-electron chi connectivity index (χ0n) is 16.8. The molecule has 0 unspecified atom stereocenters. The molecule has 0 N–H and O–H groups in total. The van der Waals surface area contributed by atoms with Gasteiger partial charge in [-0.25, -0.2) is 4.79 Å². The molecule has 0 spiro atoms. The lowest BCUT2D eigenvalue weighted by atomic mass is 10.1. The van der Waals surface area contributed by atoms with E-state index in [9.17, 15) is 14.4 Å². The van der Waals surface area contributed by atoms with Gasteiger partial charge in [-0.05, 0) is 37.1 Å². The van der Waals surface area contributed by atoms with Crippen LogP contribution in [-0.4, -0.2) is 36.1 Å². The summed E-state index contributed by atoms with van der Waals surface area (Å²) in [6, 6.07) is 14.7. The maximum Gasteiger partial charge on any atom is 0.338 e. The number of hydrogen-bond donors (Lipinski definition) is 0. The Bertz CT molecular complexity index is 1130. The Kier molecular flexibility index (Phi) is 7.13. The molecule has 0 aliphatic rings. The first-order chi connectivity index (χ1) is 14.5. The molecule has 3 rings (SSSR count). The number of esters is 2. The Morgan fingerprint density at radius 1 is 1.10 bits per heavy atom. The van der Waals surface area contributed by atoms with Gasteiger partial charge in [-0.15, -0.1) is 0 Å². The lowest BCUT2D eigenvalue weighted by Crippen LogP contribution is -2.22. The Hall–Kier alpha value is -3.26. The van der Waals surface area contributed by atoms with Crippen molar-refractivity contribution < 1.29 is 23.9 Å². The predicted octanol–water partition coefficient (Wildman–Crippen LogP) is 3.11. The van der Waals surface area contributed by atoms with Crippen LogP contribution < -0.4 is 4.80 Å². The van der Waals surface area contributed by atoms with Crippen LogP contribution in [0.2, 0.25) is 0 Å². The average molecular weight is 426 g/mol. The molecule has 156 valence electrons. The molecule has 0 saturated carbocycles. The minimum absolute atomic E-state index is 0.0833. The van der Waals surface area contributed by atoms with Gasteiger partial charge in [0.05, 0.1) is 29.5 Å². The van der Waals surface area contributed by atoms with Crippen molar-refractivity contribution in [1.29, 1.82) is 0 Å². The summed E-state index contributed by atoms with van der Waals surface area (Å²) in [5, 5.41) is 0. The molecule has 1 amide bonds. The minimum atomic E-state index is -0.456. The van der Waals surface area contributed by atoms with Crippen LogP contribution in [0.4, 0.5) is 0 Å². The van der Waals surface area contributed by atoms with E-state index in [0.717, 1.165) is 10.3 Å². The number of benzene rings is 2. The van der Waals surface area contributed by atoms with Crippen LogP contribution in [0.15, 0.2) is 53.5 Å². The average Bonchev–Trinajstić information content (AvgIpc) is 3.09. The van der Waals surface area contributed by atoms with Crippen LogP contribution in [0.25, 0.3) is 10.2 Å². The topological polar surface area (TPSA) is 87.0 Å². The van der Waals surface area contributed by atoms with Gasteiger partial charge in [0.15, 0.2) is 4.80 Å². The number of aromatic nitrogens is 1. The lowest BCUT2D eigenvalue weighted by Gasteiger charge is -2.05. The molecule has 0 atom stereocenters. The van der Waals surface area contributed by atoms with Crippen LogP contribution in [-0.2, 0) is 32.0 Å². The van der Waals surface area contributed by atoms with E-state index in [1.165, 1.54) is 18.4 Å². The van der Waals surface area contributed by atoms with Gasteiger partial charge in [-0.1, -0.05) is 41.7 Å². The zero-order chi connectivity index (χ0) is 21.5. The Morgan fingerprint density at radius 3 is 2.57 bits per heavy atom. The molecule has 2 aromatic carbocycles. The second-order valence-electron chi connectivity index (χ2n) is 6.44. The number of aryl methyl sites for hydroxylation is 1. The standard InChI is InChI=1S/C22H22N2O5S/c1-3-29-21(27)16-10-11-17-18(13-16)30-22(24(17)14-20(26)28-2)23-19(25)12-9-15-7-5-4-6-8-15/h4-8,10-11,13H,3,9,12,14H2,1-2H3. The fourth-order valence-corrected chi connectivity index (χ4v) is 3.99. The third-order valence-electron chi connectivity index (χ3n) is 4.40. The fourth-order valence-electron chi connectivity index (χ4n) is 2.90. The summed E-state index contributed by atoms with van der Waals surface area (Å²) in [5.41, 5.74) is 2.14. The van der Waals surface area contributed by atoms with Gasteiger partial charge < -0.3 is 14.0 Å². The highest BCUT2D eigenvalue weighted by Gasteiger charge is 2.14. The Morgan fingerprint density at radius 2 is 1.87 bits per heavy atom. The van der Waals surface area contributed by atoms with Crippen molar-refractivity contribution in [3.63, 3.8) is 0 Å². The van der Waals surface area contributed by atoms with Gasteiger partial charge in [0.1, 0.15) is 6.54 Å². The summed E-state index contributed by atoms with van der Waals surface area (Å²) >= 11 is 1.24. The number of carbonyl (C=O) groups excluding carboxylic acids is 3. The molecule has 3 aromatic rings. The molecule has 1 heterocycles. The second-order valence-corrected chi connectivity index (χ2v) is 7.45. The van der Waals surface area contributed by atoms with Gasteiger partial charge >= 0.3 is 11.9 Å². The molecular formula is C22H22N2O5S. The normalized spacial score (nSPS) is 11.5. The highest BCUT2D eigenvalue weighted by molar-refractivity contribution is 7.16. The highest BCUT2D eigenvalue weighted by Crippen LogP contribution is 2.20. The van der Waals surface area contributed by atoms with E-state index in [1.807, 2.05) is 30.3 Å². The zero-order valence-corrected chi connectivity index (χ0v) is 17.6. The smallest absolute Gasteiger partial charge is 0.338 e. The van der Waals surface area contributed by atoms with Crippen LogP contribution >= 0.6 is 11.3 Å². The van der Waals surface area contributed by atoms with Crippen LogP contribution in [0.1, 0.15) is 29.3 Å². The molecule has 0 aliphatic carbocycles. The molecule has 0 fully saturated rings. The van der Waals surface area contributed by atoms with Crippen molar-refractivity contribution in [3.8, 4) is 0 Å². The predicted molar refractivity (Wildman–Crippen MR) is 113 cm³/mol. The van der Waals surface area contributed by atoms with E-state index in [4.69, 9.17) is 9.47 Å². The molecule has 8 heteroatoms. The number of methoxy groups -OCH3 is 1. The Balaban J connectivity index is 1.94. The SMILES string of the molecule is CCOC(=O)c1ccc2c(c1)sc(=NC(=O)CCc1ccccc1)n2CC(=O)OC. The lowest BCUT2D eigenvalue weighted by molar-refractivity contribution is -0.141. The summed E-state index contributed by atoms with van der Waals surface area (Å²) in [6.45, 7) is 1.93. The first-order valence-electron chi connectivity index (χ1n) is 9.50. The number of amides is 1. The molecule has 0 radical (unpaired) electrons. The summed E-state index contributed by atoms with van der Waals surface area (Å²) < 4.78 is 12.2. The number of thiazole rings is 1. The minimum Gasteiger partial charge on any atom is -0.468 e. The number of nitrogens with zero attached hydrogens (tertiary/aromatic N) is 2. The number of rotatable bonds is 7. The van der Waals surface area contributed by atoms with Crippen LogP contribution in [0.5, 0.6) is 0 Å². The van der Waals surface area contributed by atoms with E-state index in [0.29, 0.717) is 22.3 Å². The number of carbonyl (C=O) groups is 3. The van der Waals surface area contributed by atoms with E-state index < -0.39 is 11.9 Å². The quantitative estimate of drug-likeness (QED) is 0.542. The molecule has 1 aromatic heterocycles. The molecule has 0 bridgehead atoms. The molecule has 0 aliphatic heterocycles. The van der Waals surface area contributed by atoms with Crippen molar-refractivity contribution in [2.24, 2.45) is 4.99 Å². The molecule has 0 saturated heterocycles. The molecule has 7 nitrogen and oxygen atoms in total. The fraction of sp³-hybridized carbons (Fsp3) is 0.273. The summed E-state index contributed by atoms with van der Waals surface area (Å²) in [5.74, 6) is -1.17. The monoisotopic (exact) mass is 426 g/mol. The third-order valence-corrected chi connectivity index (χ3v) is 5.44. The number of hydrogen-bond acceptors (Lipinski definition) is 6. The van der Waals surface area contributed by atoms with Crippen LogP contribution in [0, 0.1) is 0 Å². The van der Waals surface area contributed by atoms with Crippen molar-refractivity contribution >= 4 is 39.4 Å². The van der Waals surface area contributed by atoms with Gasteiger partial charge in [0.25, 0.3) is 0 Å². The van der Waals surface area contributed by atoms with E-state index in [1.54, 1.807) is 29.7 Å². The first kappa shape index (κ1) is 21.4. The Labute approximate surface area is 177 Å². The highest BCUT2D eigenvalue weighted by atomic mass is 32.1. The van der Waals surface area contributed by atoms with Gasteiger partial charge in [-0.2, -0.15) is 4.99 Å². The summed E-state index contributed by atoms with van der Waals surface area (Å²) in [6.07, 6.45) is 0.836. The second kappa shape index (κ2) is 9.98. The first-order valence-corrected chi connectivity index (χ1v) is 10.3. The van der Waals surface area contributed by atoms with E-state index in [-0.39, 0.29) is 25.5 Å². The van der Waals surface area contributed by atoms with Crippen molar-refractivity contribution in [2.75, 3.05) is 13.7 Å². The maximum absolute atomic E-state index is 12.5. The van der Waals surface area contributed by atoms with Crippen molar-refractivity contribution in [2.45, 2.75) is 26.3 Å². The molecule has 30 heavy (non-hydrogen) atoms. The van der Waals surface area contributed by atoms with Crippen molar-refractivity contribution in [3.05, 3.63) is 64.5 Å². The van der Waals surface area contributed by atoms with Gasteiger partial charge in [0, 0.05) is 6.42 Å². The third kappa shape index (κ3) is 5.21. The van der Waals surface area contributed by atoms with Gasteiger partial charge in [-0.3, -0.25) is 9.59 Å². The molecular weight excluding hydrogens is 404 g/mol. The van der Waals surface area contributed by atoms with Crippen molar-refractivity contribution in [1.82, 2.24) is 4.57 Å². The number of ether oxygens (including phenoxy) is 2.